The number of thiophene rings is 1. The Balaban J connectivity index is 1.67. The van der Waals surface area contributed by atoms with Crippen molar-refractivity contribution in [3.8, 4) is 5.75 Å². The minimum Gasteiger partial charge on any atom is -0.496 e. The summed E-state index contributed by atoms with van der Waals surface area (Å²) < 4.78 is 6.81. The first-order chi connectivity index (χ1) is 13.1. The molecule has 27 heavy (non-hydrogen) atoms. The summed E-state index contributed by atoms with van der Waals surface area (Å²) in [4.78, 5) is 30.9. The molecule has 0 atom stereocenters. The number of nitrogens with zero attached hydrogens (tertiary/aromatic N) is 2. The molecule has 1 N–H and O–H groups in total. The fourth-order valence-corrected chi connectivity index (χ4v) is 3.92. The standard InChI is InChI=1S/C20H17N3O3S/c1-12-6-5-9-23-17(12)22-19-14(20(23)25)10-16(27-19)18(24)21-11-13-7-3-4-8-15(13)26-2/h3-10H,11H2,1-2H3,(H,21,24). The summed E-state index contributed by atoms with van der Waals surface area (Å²) in [7, 11) is 1.60. The molecule has 0 spiro atoms. The molecule has 3 heterocycles. The summed E-state index contributed by atoms with van der Waals surface area (Å²) in [6, 6.07) is 12.8. The van der Waals surface area contributed by atoms with Crippen molar-refractivity contribution in [1.82, 2.24) is 14.7 Å². The number of methoxy groups -OCH3 is 1. The molecule has 0 aliphatic carbocycles. The first-order valence-corrected chi connectivity index (χ1v) is 9.22. The van der Waals surface area contributed by atoms with Crippen LogP contribution in [0.4, 0.5) is 0 Å². The van der Waals surface area contributed by atoms with Gasteiger partial charge in [-0.2, -0.15) is 0 Å². The molecule has 0 aliphatic rings. The van der Waals surface area contributed by atoms with Crippen LogP contribution in [0.3, 0.4) is 0 Å². The van der Waals surface area contributed by atoms with E-state index in [-0.39, 0.29) is 11.5 Å². The molecule has 4 rings (SSSR count). The number of fused-ring (bicyclic) bond motifs is 2. The Bertz CT molecular complexity index is 1230. The number of hydrogen-bond donors (Lipinski definition) is 1. The highest BCUT2D eigenvalue weighted by molar-refractivity contribution is 7.20. The monoisotopic (exact) mass is 379 g/mol. The van der Waals surface area contributed by atoms with Crippen molar-refractivity contribution >= 4 is 33.1 Å². The van der Waals surface area contributed by atoms with Gasteiger partial charge in [-0.1, -0.05) is 24.3 Å². The molecule has 4 aromatic rings. The van der Waals surface area contributed by atoms with Crippen molar-refractivity contribution in [2.45, 2.75) is 13.5 Å². The zero-order valence-corrected chi connectivity index (χ0v) is 15.7. The van der Waals surface area contributed by atoms with E-state index >= 15 is 0 Å². The number of para-hydroxylation sites is 1. The van der Waals surface area contributed by atoms with E-state index in [0.29, 0.717) is 27.3 Å². The van der Waals surface area contributed by atoms with E-state index in [9.17, 15) is 9.59 Å². The molecule has 0 unspecified atom stereocenters. The average Bonchev–Trinajstić information content (AvgIpc) is 3.12. The van der Waals surface area contributed by atoms with E-state index in [1.165, 1.54) is 15.7 Å². The lowest BCUT2D eigenvalue weighted by Crippen LogP contribution is -2.22. The van der Waals surface area contributed by atoms with Gasteiger partial charge in [-0.3, -0.25) is 14.0 Å². The van der Waals surface area contributed by atoms with Crippen molar-refractivity contribution in [3.63, 3.8) is 0 Å². The van der Waals surface area contributed by atoms with Gasteiger partial charge in [-0.05, 0) is 30.7 Å². The van der Waals surface area contributed by atoms with Gasteiger partial charge in [-0.15, -0.1) is 11.3 Å². The van der Waals surface area contributed by atoms with Gasteiger partial charge in [-0.25, -0.2) is 4.98 Å². The SMILES string of the molecule is COc1ccccc1CNC(=O)c1cc2c(=O)n3cccc(C)c3nc2s1. The second kappa shape index (κ2) is 6.85. The van der Waals surface area contributed by atoms with E-state index in [1.807, 2.05) is 43.3 Å². The number of ether oxygens (including phenoxy) is 1. The Morgan fingerprint density at radius 3 is 2.89 bits per heavy atom. The van der Waals surface area contributed by atoms with Crippen LogP contribution in [-0.4, -0.2) is 22.4 Å². The van der Waals surface area contributed by atoms with Gasteiger partial charge in [0.1, 0.15) is 16.2 Å². The highest BCUT2D eigenvalue weighted by Gasteiger charge is 2.15. The number of aromatic nitrogens is 2. The number of carbonyl (C=O) groups excluding carboxylic acids is 1. The summed E-state index contributed by atoms with van der Waals surface area (Å²) >= 11 is 1.22. The summed E-state index contributed by atoms with van der Waals surface area (Å²) in [5, 5.41) is 3.33. The van der Waals surface area contributed by atoms with Gasteiger partial charge in [0.25, 0.3) is 11.5 Å². The van der Waals surface area contributed by atoms with Gasteiger partial charge < -0.3 is 10.1 Å². The van der Waals surface area contributed by atoms with Crippen LogP contribution in [0.1, 0.15) is 20.8 Å². The topological polar surface area (TPSA) is 72.7 Å². The molecule has 0 aliphatic heterocycles. The van der Waals surface area contributed by atoms with Gasteiger partial charge >= 0.3 is 0 Å². The van der Waals surface area contributed by atoms with Gasteiger partial charge in [0.2, 0.25) is 0 Å². The predicted octanol–water partition coefficient (Wildman–Crippen LogP) is 3.16. The van der Waals surface area contributed by atoms with Crippen LogP contribution in [-0.2, 0) is 6.54 Å². The van der Waals surface area contributed by atoms with Crippen molar-refractivity contribution < 1.29 is 9.53 Å². The molecule has 7 heteroatoms. The third-order valence-electron chi connectivity index (χ3n) is 4.39. The lowest BCUT2D eigenvalue weighted by Gasteiger charge is -2.08. The lowest BCUT2D eigenvalue weighted by atomic mass is 10.2. The highest BCUT2D eigenvalue weighted by atomic mass is 32.1. The normalized spacial score (nSPS) is 11.0. The molecular formula is C20H17N3O3S. The molecule has 0 bridgehead atoms. The molecule has 1 amide bonds. The minimum absolute atomic E-state index is 0.168. The number of nitrogens with one attached hydrogen (secondary N) is 1. The molecule has 0 saturated heterocycles. The van der Waals surface area contributed by atoms with E-state index < -0.39 is 0 Å². The van der Waals surface area contributed by atoms with Gasteiger partial charge in [0.15, 0.2) is 0 Å². The lowest BCUT2D eigenvalue weighted by molar-refractivity contribution is 0.0955. The second-order valence-corrected chi connectivity index (χ2v) is 7.16. The predicted molar refractivity (Wildman–Crippen MR) is 106 cm³/mol. The molecule has 0 fully saturated rings. The first-order valence-electron chi connectivity index (χ1n) is 8.40. The molecule has 0 radical (unpaired) electrons. The van der Waals surface area contributed by atoms with Crippen molar-refractivity contribution in [2.24, 2.45) is 0 Å². The maximum absolute atomic E-state index is 12.7. The Hall–Kier alpha value is -3.19. The number of amides is 1. The van der Waals surface area contributed by atoms with Crippen molar-refractivity contribution in [3.05, 3.63) is 75.0 Å². The van der Waals surface area contributed by atoms with E-state index in [2.05, 4.69) is 10.3 Å². The smallest absolute Gasteiger partial charge is 0.266 e. The van der Waals surface area contributed by atoms with Crippen LogP contribution < -0.4 is 15.6 Å². The zero-order valence-electron chi connectivity index (χ0n) is 14.9. The number of aryl methyl sites for hydroxylation is 1. The van der Waals surface area contributed by atoms with Crippen molar-refractivity contribution in [2.75, 3.05) is 7.11 Å². The number of hydrogen-bond acceptors (Lipinski definition) is 5. The summed E-state index contributed by atoms with van der Waals surface area (Å²) in [5.74, 6) is 0.477. The molecule has 1 aromatic carbocycles. The fraction of sp³-hybridized carbons (Fsp3) is 0.150. The zero-order chi connectivity index (χ0) is 19.0. The molecule has 136 valence electrons. The minimum atomic E-state index is -0.242. The van der Waals surface area contributed by atoms with Crippen LogP contribution in [0.2, 0.25) is 0 Å². The average molecular weight is 379 g/mol. The fourth-order valence-electron chi connectivity index (χ4n) is 2.98. The maximum atomic E-state index is 12.7. The number of rotatable bonds is 4. The number of carbonyl (C=O) groups is 1. The number of benzene rings is 1. The molecule has 0 saturated carbocycles. The van der Waals surface area contributed by atoms with E-state index in [1.54, 1.807) is 19.4 Å². The maximum Gasteiger partial charge on any atom is 0.266 e. The summed E-state index contributed by atoms with van der Waals surface area (Å²) in [6.45, 7) is 2.24. The summed E-state index contributed by atoms with van der Waals surface area (Å²) in [5.41, 5.74) is 2.23. The van der Waals surface area contributed by atoms with E-state index in [0.717, 1.165) is 16.9 Å². The van der Waals surface area contributed by atoms with Crippen LogP contribution in [0.15, 0.2) is 53.5 Å². The number of pyridine rings is 1. The third-order valence-corrected chi connectivity index (χ3v) is 5.41. The van der Waals surface area contributed by atoms with Gasteiger partial charge in [0, 0.05) is 18.3 Å². The van der Waals surface area contributed by atoms with Crippen molar-refractivity contribution in [1.29, 1.82) is 0 Å². The molecule has 6 nitrogen and oxygen atoms in total. The van der Waals surface area contributed by atoms with Crippen LogP contribution in [0.5, 0.6) is 5.75 Å². The molecular weight excluding hydrogens is 362 g/mol. The Morgan fingerprint density at radius 1 is 1.26 bits per heavy atom. The van der Waals surface area contributed by atoms with Gasteiger partial charge in [0.05, 0.1) is 17.4 Å². The largest absolute Gasteiger partial charge is 0.496 e. The Morgan fingerprint density at radius 2 is 2.07 bits per heavy atom. The third kappa shape index (κ3) is 3.06. The summed E-state index contributed by atoms with van der Waals surface area (Å²) in [6.07, 6.45) is 1.69. The first kappa shape index (κ1) is 17.2. The second-order valence-electron chi connectivity index (χ2n) is 6.13. The Labute approximate surface area is 159 Å². The highest BCUT2D eigenvalue weighted by Crippen LogP contribution is 2.23. The molecule has 3 aromatic heterocycles. The quantitative estimate of drug-likeness (QED) is 0.591. The Kier molecular flexibility index (Phi) is 4.37. The van der Waals surface area contributed by atoms with Crippen LogP contribution >= 0.6 is 11.3 Å². The van der Waals surface area contributed by atoms with Crippen LogP contribution in [0.25, 0.3) is 15.9 Å². The van der Waals surface area contributed by atoms with E-state index in [4.69, 9.17) is 4.74 Å². The van der Waals surface area contributed by atoms with Crippen LogP contribution in [0, 0.1) is 6.92 Å².